The summed E-state index contributed by atoms with van der Waals surface area (Å²) in [4.78, 5) is 13.2. The fraction of sp³-hybridized carbons (Fsp3) is 0.105. The third-order valence-electron chi connectivity index (χ3n) is 3.36. The van der Waals surface area contributed by atoms with Gasteiger partial charge in [0.25, 0.3) is 0 Å². The van der Waals surface area contributed by atoms with E-state index in [-0.39, 0.29) is 5.91 Å². The van der Waals surface area contributed by atoms with Crippen molar-refractivity contribution in [1.82, 2.24) is 10.2 Å². The van der Waals surface area contributed by atoms with Gasteiger partial charge in [0.1, 0.15) is 0 Å². The molecular formula is C19H17ClN4OS2. The van der Waals surface area contributed by atoms with Gasteiger partial charge in [-0.3, -0.25) is 10.1 Å². The number of hydrogen-bond acceptors (Lipinski definition) is 6. The molecule has 5 nitrogen and oxygen atoms in total. The van der Waals surface area contributed by atoms with Crippen LogP contribution in [-0.2, 0) is 4.79 Å². The van der Waals surface area contributed by atoms with E-state index >= 15 is 0 Å². The molecule has 3 aromatic rings. The van der Waals surface area contributed by atoms with Crippen LogP contribution in [0, 0.1) is 0 Å². The number of carbonyl (C=O) groups is 1. The lowest BCUT2D eigenvalue weighted by Gasteiger charge is -2.02. The minimum atomic E-state index is -0.280. The zero-order valence-electron chi connectivity index (χ0n) is 14.3. The number of hydrogen-bond donors (Lipinski definition) is 2. The van der Waals surface area contributed by atoms with Crippen LogP contribution in [0.5, 0.6) is 0 Å². The van der Waals surface area contributed by atoms with E-state index in [9.17, 15) is 4.79 Å². The van der Waals surface area contributed by atoms with Crippen LogP contribution < -0.4 is 10.6 Å². The SMILES string of the molecule is O=C(C=Cc1ccccc1Cl)Nc1nnc(NCCSc2ccccc2)s1. The Morgan fingerprint density at radius 3 is 2.63 bits per heavy atom. The number of aromatic nitrogens is 2. The van der Waals surface area contributed by atoms with E-state index in [1.807, 2.05) is 36.4 Å². The Bertz CT molecular complexity index is 915. The summed E-state index contributed by atoms with van der Waals surface area (Å²) in [5.41, 5.74) is 0.782. The largest absolute Gasteiger partial charge is 0.359 e. The Kier molecular flexibility index (Phi) is 7.27. The molecule has 0 aliphatic heterocycles. The van der Waals surface area contributed by atoms with E-state index in [4.69, 9.17) is 11.6 Å². The molecule has 0 fully saturated rings. The van der Waals surface area contributed by atoms with Crippen LogP contribution in [0.25, 0.3) is 6.08 Å². The zero-order valence-corrected chi connectivity index (χ0v) is 16.7. The van der Waals surface area contributed by atoms with Gasteiger partial charge in [0, 0.05) is 28.3 Å². The second-order valence-electron chi connectivity index (χ2n) is 5.34. The van der Waals surface area contributed by atoms with Crippen LogP contribution >= 0.6 is 34.7 Å². The number of benzene rings is 2. The predicted octanol–water partition coefficient (Wildman–Crippen LogP) is 5.05. The van der Waals surface area contributed by atoms with Crippen molar-refractivity contribution in [3.05, 3.63) is 71.3 Å². The number of amides is 1. The minimum Gasteiger partial charge on any atom is -0.359 e. The fourth-order valence-electron chi connectivity index (χ4n) is 2.11. The highest BCUT2D eigenvalue weighted by Gasteiger charge is 2.06. The van der Waals surface area contributed by atoms with Crippen LogP contribution in [0.1, 0.15) is 5.56 Å². The zero-order chi connectivity index (χ0) is 18.9. The molecule has 8 heteroatoms. The summed E-state index contributed by atoms with van der Waals surface area (Å²) in [6.07, 6.45) is 3.09. The number of rotatable bonds is 8. The first-order valence-corrected chi connectivity index (χ1v) is 10.4. The summed E-state index contributed by atoms with van der Waals surface area (Å²) in [6, 6.07) is 17.5. The second-order valence-corrected chi connectivity index (χ2v) is 7.90. The first-order chi connectivity index (χ1) is 13.2. The molecule has 2 aromatic carbocycles. The smallest absolute Gasteiger partial charge is 0.250 e. The van der Waals surface area contributed by atoms with Gasteiger partial charge in [0.05, 0.1) is 0 Å². The second kappa shape index (κ2) is 10.1. The Balaban J connectivity index is 1.43. The highest BCUT2D eigenvalue weighted by atomic mass is 35.5. The normalized spacial score (nSPS) is 10.9. The summed E-state index contributed by atoms with van der Waals surface area (Å²) in [7, 11) is 0. The molecule has 1 heterocycles. The number of halogens is 1. The van der Waals surface area contributed by atoms with Gasteiger partial charge in [0.15, 0.2) is 0 Å². The Labute approximate surface area is 170 Å². The van der Waals surface area contributed by atoms with Gasteiger partial charge in [-0.1, -0.05) is 59.3 Å². The van der Waals surface area contributed by atoms with Gasteiger partial charge in [-0.25, -0.2) is 0 Å². The van der Waals surface area contributed by atoms with Crippen molar-refractivity contribution >= 4 is 56.9 Å². The van der Waals surface area contributed by atoms with Gasteiger partial charge in [-0.05, 0) is 29.8 Å². The van der Waals surface area contributed by atoms with Crippen molar-refractivity contribution < 1.29 is 4.79 Å². The summed E-state index contributed by atoms with van der Waals surface area (Å²) >= 11 is 9.12. The maximum Gasteiger partial charge on any atom is 0.250 e. The number of nitrogens with zero attached hydrogens (tertiary/aromatic N) is 2. The van der Waals surface area contributed by atoms with Crippen LogP contribution in [0.3, 0.4) is 0 Å². The molecule has 0 spiro atoms. The Morgan fingerprint density at radius 1 is 1.07 bits per heavy atom. The van der Waals surface area contributed by atoms with E-state index in [0.717, 1.165) is 17.9 Å². The van der Waals surface area contributed by atoms with E-state index in [1.165, 1.54) is 22.3 Å². The standard InChI is InChI=1S/C19H17ClN4OS2/c20-16-9-5-4-6-14(16)10-11-17(25)22-19-24-23-18(27-19)21-12-13-26-15-7-2-1-3-8-15/h1-11H,12-13H2,(H,21,23)(H,22,24,25). The number of thioether (sulfide) groups is 1. The summed E-state index contributed by atoms with van der Waals surface area (Å²) in [5, 5.41) is 15.6. The van der Waals surface area contributed by atoms with E-state index < -0.39 is 0 Å². The molecule has 1 amide bonds. The first kappa shape index (κ1) is 19.4. The molecule has 0 unspecified atom stereocenters. The summed E-state index contributed by atoms with van der Waals surface area (Å²) in [6.45, 7) is 0.758. The summed E-state index contributed by atoms with van der Waals surface area (Å²) in [5.74, 6) is 0.628. The molecule has 0 saturated heterocycles. The molecule has 138 valence electrons. The van der Waals surface area contributed by atoms with Crippen LogP contribution in [0.15, 0.2) is 65.6 Å². The third kappa shape index (κ3) is 6.39. The lowest BCUT2D eigenvalue weighted by Crippen LogP contribution is -2.07. The van der Waals surface area contributed by atoms with Crippen LogP contribution in [0.2, 0.25) is 5.02 Å². The van der Waals surface area contributed by atoms with Crippen molar-refractivity contribution in [2.45, 2.75) is 4.90 Å². The average molecular weight is 417 g/mol. The van der Waals surface area contributed by atoms with Gasteiger partial charge in [-0.15, -0.1) is 22.0 Å². The van der Waals surface area contributed by atoms with E-state index in [2.05, 4.69) is 33.0 Å². The van der Waals surface area contributed by atoms with Crippen molar-refractivity contribution in [3.8, 4) is 0 Å². The van der Waals surface area contributed by atoms with Crippen molar-refractivity contribution in [3.63, 3.8) is 0 Å². The molecule has 27 heavy (non-hydrogen) atoms. The number of anilines is 2. The van der Waals surface area contributed by atoms with Crippen molar-refractivity contribution in [2.75, 3.05) is 22.9 Å². The van der Waals surface area contributed by atoms with E-state index in [1.54, 1.807) is 23.9 Å². The molecule has 2 N–H and O–H groups in total. The van der Waals surface area contributed by atoms with Gasteiger partial charge >= 0.3 is 0 Å². The first-order valence-electron chi connectivity index (χ1n) is 8.19. The molecule has 0 atom stereocenters. The molecule has 0 bridgehead atoms. The third-order valence-corrected chi connectivity index (χ3v) is 5.52. The lowest BCUT2D eigenvalue weighted by molar-refractivity contribution is -0.111. The van der Waals surface area contributed by atoms with Crippen LogP contribution in [-0.4, -0.2) is 28.4 Å². The maximum absolute atomic E-state index is 12.0. The molecule has 3 rings (SSSR count). The number of nitrogens with one attached hydrogen (secondary N) is 2. The number of carbonyl (C=O) groups excluding carboxylic acids is 1. The monoisotopic (exact) mass is 416 g/mol. The highest BCUT2D eigenvalue weighted by molar-refractivity contribution is 7.99. The predicted molar refractivity (Wildman–Crippen MR) is 115 cm³/mol. The average Bonchev–Trinajstić information content (AvgIpc) is 3.12. The topological polar surface area (TPSA) is 66.9 Å². The van der Waals surface area contributed by atoms with Crippen LogP contribution in [0.4, 0.5) is 10.3 Å². The molecule has 0 saturated carbocycles. The summed E-state index contributed by atoms with van der Waals surface area (Å²) < 4.78 is 0. The van der Waals surface area contributed by atoms with Gasteiger partial charge in [0.2, 0.25) is 16.2 Å². The lowest BCUT2D eigenvalue weighted by atomic mass is 10.2. The molecule has 0 aliphatic rings. The molecule has 0 aliphatic carbocycles. The Morgan fingerprint density at radius 2 is 1.81 bits per heavy atom. The van der Waals surface area contributed by atoms with Gasteiger partial charge in [-0.2, -0.15) is 0 Å². The van der Waals surface area contributed by atoms with Gasteiger partial charge < -0.3 is 5.32 Å². The fourth-order valence-corrected chi connectivity index (χ4v) is 3.77. The minimum absolute atomic E-state index is 0.280. The Hall–Kier alpha value is -2.35. The molecule has 0 radical (unpaired) electrons. The molecular weight excluding hydrogens is 400 g/mol. The van der Waals surface area contributed by atoms with E-state index in [0.29, 0.717) is 15.3 Å². The van der Waals surface area contributed by atoms with Crippen molar-refractivity contribution in [1.29, 1.82) is 0 Å². The maximum atomic E-state index is 12.0. The molecule has 1 aromatic heterocycles. The highest BCUT2D eigenvalue weighted by Crippen LogP contribution is 2.21. The quantitative estimate of drug-likeness (QED) is 0.305. The van der Waals surface area contributed by atoms with Crippen molar-refractivity contribution in [2.24, 2.45) is 0 Å².